The molecule has 2 unspecified atom stereocenters. The fourth-order valence-corrected chi connectivity index (χ4v) is 1.88. The second-order valence-electron chi connectivity index (χ2n) is 4.90. The molecule has 2 atom stereocenters. The highest BCUT2D eigenvalue weighted by molar-refractivity contribution is 5.82. The lowest BCUT2D eigenvalue weighted by Crippen LogP contribution is -2.50. The minimum atomic E-state index is -1.02. The Morgan fingerprint density at radius 1 is 1.39 bits per heavy atom. The molecule has 0 radical (unpaired) electrons. The van der Waals surface area contributed by atoms with E-state index in [0.29, 0.717) is 6.54 Å². The van der Waals surface area contributed by atoms with Crippen molar-refractivity contribution in [3.63, 3.8) is 0 Å². The van der Waals surface area contributed by atoms with Crippen molar-refractivity contribution < 1.29 is 19.4 Å². The molecule has 0 saturated carbocycles. The number of hydrogen-bond acceptors (Lipinski definition) is 3. The molecular weight excluding hydrogens is 236 g/mol. The third kappa shape index (κ3) is 4.91. The molecule has 0 aromatic carbocycles. The number of ether oxygens (including phenoxy) is 1. The molecule has 0 aromatic heterocycles. The number of carboxylic acid groups (broad SMARTS) is 1. The van der Waals surface area contributed by atoms with Crippen molar-refractivity contribution in [1.82, 2.24) is 10.6 Å². The Kier molecular flexibility index (Phi) is 5.91. The molecule has 1 fully saturated rings. The van der Waals surface area contributed by atoms with E-state index < -0.39 is 18.0 Å². The Labute approximate surface area is 107 Å². The molecule has 3 N–H and O–H groups in total. The van der Waals surface area contributed by atoms with E-state index in [1.807, 2.05) is 0 Å². The molecule has 1 saturated heterocycles. The number of carboxylic acids is 1. The molecule has 0 aromatic rings. The van der Waals surface area contributed by atoms with Gasteiger partial charge in [-0.2, -0.15) is 0 Å². The van der Waals surface area contributed by atoms with Crippen LogP contribution in [0.15, 0.2) is 0 Å². The molecule has 0 aliphatic carbocycles. The summed E-state index contributed by atoms with van der Waals surface area (Å²) >= 11 is 0. The van der Waals surface area contributed by atoms with Gasteiger partial charge in [0, 0.05) is 13.2 Å². The monoisotopic (exact) mass is 258 g/mol. The highest BCUT2D eigenvalue weighted by Gasteiger charge is 2.23. The zero-order valence-corrected chi connectivity index (χ0v) is 10.9. The molecule has 1 rings (SSSR count). The van der Waals surface area contributed by atoms with Crippen LogP contribution in [0.4, 0.5) is 4.79 Å². The third-order valence-electron chi connectivity index (χ3n) is 2.98. The van der Waals surface area contributed by atoms with Gasteiger partial charge in [-0.1, -0.05) is 13.8 Å². The minimum Gasteiger partial charge on any atom is -0.480 e. The number of rotatable bonds is 5. The summed E-state index contributed by atoms with van der Waals surface area (Å²) in [5.41, 5.74) is 0. The van der Waals surface area contributed by atoms with Crippen LogP contribution in [-0.4, -0.2) is 42.4 Å². The lowest BCUT2D eigenvalue weighted by molar-refractivity contribution is -0.140. The zero-order valence-electron chi connectivity index (χ0n) is 10.9. The zero-order chi connectivity index (χ0) is 13.5. The lowest BCUT2D eigenvalue weighted by Gasteiger charge is -2.24. The summed E-state index contributed by atoms with van der Waals surface area (Å²) in [6, 6.07) is -1.32. The smallest absolute Gasteiger partial charge is 0.326 e. The minimum absolute atomic E-state index is 0.0480. The van der Waals surface area contributed by atoms with E-state index in [1.54, 1.807) is 13.8 Å². The van der Waals surface area contributed by atoms with Crippen molar-refractivity contribution in [3.8, 4) is 0 Å². The summed E-state index contributed by atoms with van der Waals surface area (Å²) in [5, 5.41) is 14.0. The van der Waals surface area contributed by atoms with Crippen molar-refractivity contribution in [2.45, 2.75) is 45.3 Å². The number of carbonyl (C=O) groups is 2. The predicted molar refractivity (Wildman–Crippen MR) is 66.4 cm³/mol. The number of amides is 2. The maximum absolute atomic E-state index is 11.6. The summed E-state index contributed by atoms with van der Waals surface area (Å²) in [4.78, 5) is 22.5. The van der Waals surface area contributed by atoms with Crippen molar-refractivity contribution in [3.05, 3.63) is 0 Å². The van der Waals surface area contributed by atoms with Gasteiger partial charge in [0.05, 0.1) is 6.10 Å². The van der Waals surface area contributed by atoms with Crippen LogP contribution in [0.5, 0.6) is 0 Å². The molecule has 0 bridgehead atoms. The van der Waals surface area contributed by atoms with Gasteiger partial charge in [-0.3, -0.25) is 0 Å². The van der Waals surface area contributed by atoms with Crippen molar-refractivity contribution >= 4 is 12.0 Å². The van der Waals surface area contributed by atoms with Crippen LogP contribution in [0.2, 0.25) is 0 Å². The molecule has 6 heteroatoms. The second-order valence-corrected chi connectivity index (χ2v) is 4.90. The van der Waals surface area contributed by atoms with Gasteiger partial charge in [-0.25, -0.2) is 9.59 Å². The van der Waals surface area contributed by atoms with E-state index in [1.165, 1.54) is 0 Å². The SMILES string of the molecule is CC(C)C(NC(=O)NCC1CCCCO1)C(=O)O. The van der Waals surface area contributed by atoms with Gasteiger partial charge in [0.1, 0.15) is 6.04 Å². The maximum Gasteiger partial charge on any atom is 0.326 e. The van der Waals surface area contributed by atoms with Gasteiger partial charge in [0.2, 0.25) is 0 Å². The Balaban J connectivity index is 2.29. The average molecular weight is 258 g/mol. The number of nitrogens with one attached hydrogen (secondary N) is 2. The first kappa shape index (κ1) is 14.8. The van der Waals surface area contributed by atoms with E-state index in [-0.39, 0.29) is 12.0 Å². The Morgan fingerprint density at radius 3 is 2.61 bits per heavy atom. The first-order chi connectivity index (χ1) is 8.50. The van der Waals surface area contributed by atoms with Crippen LogP contribution in [0.1, 0.15) is 33.1 Å². The molecule has 0 spiro atoms. The quantitative estimate of drug-likeness (QED) is 0.685. The molecular formula is C12H22N2O4. The first-order valence-corrected chi connectivity index (χ1v) is 6.39. The fraction of sp³-hybridized carbons (Fsp3) is 0.833. The summed E-state index contributed by atoms with van der Waals surface area (Å²) in [6.45, 7) is 4.67. The molecule has 6 nitrogen and oxygen atoms in total. The van der Waals surface area contributed by atoms with Gasteiger partial charge < -0.3 is 20.5 Å². The first-order valence-electron chi connectivity index (χ1n) is 6.39. The third-order valence-corrected chi connectivity index (χ3v) is 2.98. The summed E-state index contributed by atoms with van der Waals surface area (Å²) < 4.78 is 5.47. The molecule has 1 aliphatic heterocycles. The second kappa shape index (κ2) is 7.20. The molecule has 2 amide bonds. The number of carbonyl (C=O) groups excluding carboxylic acids is 1. The van der Waals surface area contributed by atoms with E-state index in [4.69, 9.17) is 9.84 Å². The highest BCUT2D eigenvalue weighted by atomic mass is 16.5. The van der Waals surface area contributed by atoms with Crippen LogP contribution < -0.4 is 10.6 Å². The van der Waals surface area contributed by atoms with E-state index in [0.717, 1.165) is 25.9 Å². The Hall–Kier alpha value is -1.30. The van der Waals surface area contributed by atoms with Crippen molar-refractivity contribution in [1.29, 1.82) is 0 Å². The van der Waals surface area contributed by atoms with Crippen LogP contribution in [0.3, 0.4) is 0 Å². The standard InChI is InChI=1S/C12H22N2O4/c1-8(2)10(11(15)16)14-12(17)13-7-9-5-3-4-6-18-9/h8-10H,3-7H2,1-2H3,(H,15,16)(H2,13,14,17). The molecule has 1 heterocycles. The summed E-state index contributed by atoms with van der Waals surface area (Å²) in [6.07, 6.45) is 3.16. The van der Waals surface area contributed by atoms with Crippen molar-refractivity contribution in [2.75, 3.05) is 13.2 Å². The van der Waals surface area contributed by atoms with E-state index in [2.05, 4.69) is 10.6 Å². The summed E-state index contributed by atoms with van der Waals surface area (Å²) in [5.74, 6) is -1.17. The van der Waals surface area contributed by atoms with Crippen molar-refractivity contribution in [2.24, 2.45) is 5.92 Å². The summed E-state index contributed by atoms with van der Waals surface area (Å²) in [7, 11) is 0. The number of aliphatic carboxylic acids is 1. The van der Waals surface area contributed by atoms with E-state index in [9.17, 15) is 9.59 Å². The van der Waals surface area contributed by atoms with Gasteiger partial charge in [0.15, 0.2) is 0 Å². The largest absolute Gasteiger partial charge is 0.480 e. The normalized spacial score (nSPS) is 21.4. The van der Waals surface area contributed by atoms with Crippen LogP contribution in [-0.2, 0) is 9.53 Å². The Morgan fingerprint density at radius 2 is 2.11 bits per heavy atom. The molecule has 1 aliphatic rings. The highest BCUT2D eigenvalue weighted by Crippen LogP contribution is 2.11. The van der Waals surface area contributed by atoms with E-state index >= 15 is 0 Å². The molecule has 18 heavy (non-hydrogen) atoms. The van der Waals surface area contributed by atoms with Gasteiger partial charge in [-0.05, 0) is 25.2 Å². The predicted octanol–water partition coefficient (Wildman–Crippen LogP) is 0.964. The number of hydrogen-bond donors (Lipinski definition) is 3. The lowest BCUT2D eigenvalue weighted by atomic mass is 10.1. The van der Waals surface area contributed by atoms with Gasteiger partial charge >= 0.3 is 12.0 Å². The van der Waals surface area contributed by atoms with Crippen LogP contribution in [0, 0.1) is 5.92 Å². The van der Waals surface area contributed by atoms with Crippen LogP contribution >= 0.6 is 0 Å². The average Bonchev–Trinajstić information content (AvgIpc) is 2.34. The van der Waals surface area contributed by atoms with Gasteiger partial charge in [0.25, 0.3) is 0 Å². The number of urea groups is 1. The topological polar surface area (TPSA) is 87.7 Å². The van der Waals surface area contributed by atoms with Crippen LogP contribution in [0.25, 0.3) is 0 Å². The molecule has 104 valence electrons. The fourth-order valence-electron chi connectivity index (χ4n) is 1.88. The van der Waals surface area contributed by atoms with Gasteiger partial charge in [-0.15, -0.1) is 0 Å². The maximum atomic E-state index is 11.6. The Bertz CT molecular complexity index is 288.